The molecule has 0 aliphatic carbocycles. The summed E-state index contributed by atoms with van der Waals surface area (Å²) in [6.07, 6.45) is 0. The van der Waals surface area contributed by atoms with Crippen LogP contribution in [0.1, 0.15) is 10.5 Å². The molecule has 0 amide bonds. The van der Waals surface area contributed by atoms with Gasteiger partial charge in [0.2, 0.25) is 0 Å². The van der Waals surface area contributed by atoms with Gasteiger partial charge in [0.25, 0.3) is 0 Å². The molecule has 1 rings (SSSR count). The number of carbonyl (C=O) groups excluding carboxylic acids is 1. The number of hydrogen-bond acceptors (Lipinski definition) is 6. The zero-order chi connectivity index (χ0) is 16.4. The van der Waals surface area contributed by atoms with Crippen LogP contribution in [-0.2, 0) is 4.74 Å². The second-order valence-corrected chi connectivity index (χ2v) is 16.7. The van der Waals surface area contributed by atoms with Gasteiger partial charge in [-0.15, -0.1) is 0 Å². The lowest BCUT2D eigenvalue weighted by atomic mass is 10.4. The summed E-state index contributed by atoms with van der Waals surface area (Å²) in [5, 5.41) is 0.180. The van der Waals surface area contributed by atoms with E-state index in [9.17, 15) is 4.79 Å². The Morgan fingerprint density at radius 1 is 1.00 bits per heavy atom. The summed E-state index contributed by atoms with van der Waals surface area (Å²) < 4.78 is 4.75. The van der Waals surface area contributed by atoms with Crippen molar-refractivity contribution in [1.82, 2.24) is 9.97 Å². The molecule has 118 valence electrons. The summed E-state index contributed by atoms with van der Waals surface area (Å²) in [4.78, 5) is 27.1. The fourth-order valence-corrected chi connectivity index (χ4v) is 3.55. The number of methoxy groups -OCH3 is 1. The molecular formula is C12H23ClN4O2Si2. The molecule has 0 bridgehead atoms. The Bertz CT molecular complexity index is 541. The van der Waals surface area contributed by atoms with Crippen molar-refractivity contribution in [2.24, 2.45) is 0 Å². The number of halogens is 1. The Labute approximate surface area is 132 Å². The number of hydrogen-bond donors (Lipinski definition) is 2. The highest BCUT2D eigenvalue weighted by Crippen LogP contribution is 2.25. The molecule has 0 aliphatic heterocycles. The van der Waals surface area contributed by atoms with Crippen LogP contribution in [0.25, 0.3) is 0 Å². The minimum atomic E-state index is -1.71. The number of esters is 1. The van der Waals surface area contributed by atoms with E-state index >= 15 is 0 Å². The van der Waals surface area contributed by atoms with E-state index < -0.39 is 22.4 Å². The van der Waals surface area contributed by atoms with Gasteiger partial charge in [0.1, 0.15) is 16.5 Å². The van der Waals surface area contributed by atoms with Gasteiger partial charge >= 0.3 is 5.97 Å². The van der Waals surface area contributed by atoms with Crippen molar-refractivity contribution in [1.29, 1.82) is 0 Å². The van der Waals surface area contributed by atoms with Gasteiger partial charge in [0.15, 0.2) is 22.5 Å². The zero-order valence-corrected chi connectivity index (χ0v) is 16.3. The van der Waals surface area contributed by atoms with Gasteiger partial charge in [0.05, 0.1) is 7.11 Å². The highest BCUT2D eigenvalue weighted by molar-refractivity contribution is 6.79. The van der Waals surface area contributed by atoms with Crippen LogP contribution in [0.4, 0.5) is 11.6 Å². The van der Waals surface area contributed by atoms with E-state index in [4.69, 9.17) is 16.3 Å². The lowest BCUT2D eigenvalue weighted by Gasteiger charge is -2.23. The van der Waals surface area contributed by atoms with Crippen molar-refractivity contribution in [2.75, 3.05) is 17.1 Å². The number of aromatic nitrogens is 2. The molecule has 0 unspecified atom stereocenters. The van der Waals surface area contributed by atoms with Gasteiger partial charge in [-0.2, -0.15) is 0 Å². The van der Waals surface area contributed by atoms with Gasteiger partial charge in [-0.1, -0.05) is 50.9 Å². The summed E-state index contributed by atoms with van der Waals surface area (Å²) in [5.41, 5.74) is 0.117. The fourth-order valence-electron chi connectivity index (χ4n) is 1.53. The van der Waals surface area contributed by atoms with Crippen molar-refractivity contribution >= 4 is 45.7 Å². The van der Waals surface area contributed by atoms with Gasteiger partial charge in [0, 0.05) is 0 Å². The van der Waals surface area contributed by atoms with Gasteiger partial charge in [-0.05, 0) is 0 Å². The molecule has 0 atom stereocenters. The third kappa shape index (κ3) is 5.64. The van der Waals surface area contributed by atoms with E-state index in [1.54, 1.807) is 0 Å². The van der Waals surface area contributed by atoms with Crippen molar-refractivity contribution in [3.63, 3.8) is 0 Å². The highest BCUT2D eigenvalue weighted by Gasteiger charge is 2.25. The summed E-state index contributed by atoms with van der Waals surface area (Å²) in [6.45, 7) is 12.7. The molecule has 0 spiro atoms. The molecule has 21 heavy (non-hydrogen) atoms. The van der Waals surface area contributed by atoms with Crippen LogP contribution >= 0.6 is 11.6 Å². The summed E-state index contributed by atoms with van der Waals surface area (Å²) in [6, 6.07) is 0. The molecule has 2 N–H and O–H groups in total. The largest absolute Gasteiger partial charge is 0.464 e. The van der Waals surface area contributed by atoms with E-state index in [-0.39, 0.29) is 10.8 Å². The number of anilines is 2. The predicted octanol–water partition coefficient (Wildman–Crippen LogP) is 3.41. The topological polar surface area (TPSA) is 76.1 Å². The Morgan fingerprint density at radius 2 is 1.48 bits per heavy atom. The minimum Gasteiger partial charge on any atom is -0.464 e. The van der Waals surface area contributed by atoms with Gasteiger partial charge in [-0.25, -0.2) is 14.8 Å². The summed E-state index contributed by atoms with van der Waals surface area (Å²) in [7, 11) is -2.03. The van der Waals surface area contributed by atoms with Crippen LogP contribution < -0.4 is 9.96 Å². The molecule has 0 aromatic carbocycles. The average molecular weight is 347 g/mol. The quantitative estimate of drug-likeness (QED) is 0.628. The monoisotopic (exact) mass is 346 g/mol. The fraction of sp³-hybridized carbons (Fsp3) is 0.583. The molecule has 1 heterocycles. The summed E-state index contributed by atoms with van der Waals surface area (Å²) in [5.74, 6) is 0.375. The molecular weight excluding hydrogens is 324 g/mol. The first kappa shape index (κ1) is 17.9. The van der Waals surface area contributed by atoms with E-state index in [1.165, 1.54) is 7.11 Å². The third-order valence-corrected chi connectivity index (χ3v) is 4.46. The summed E-state index contributed by atoms with van der Waals surface area (Å²) >= 11 is 6.14. The second kappa shape index (κ2) is 6.33. The lowest BCUT2D eigenvalue weighted by molar-refractivity contribution is 0.0595. The van der Waals surface area contributed by atoms with Crippen LogP contribution in [-0.4, -0.2) is 39.5 Å². The number of rotatable bonds is 5. The van der Waals surface area contributed by atoms with E-state index in [2.05, 4.69) is 59.2 Å². The molecule has 9 heteroatoms. The van der Waals surface area contributed by atoms with Crippen molar-refractivity contribution in [3.8, 4) is 0 Å². The van der Waals surface area contributed by atoms with Gasteiger partial charge in [-0.3, -0.25) is 0 Å². The van der Waals surface area contributed by atoms with E-state index in [1.807, 2.05) is 0 Å². The Hall–Kier alpha value is -1.13. The van der Waals surface area contributed by atoms with Crippen molar-refractivity contribution in [2.45, 2.75) is 39.3 Å². The van der Waals surface area contributed by atoms with Crippen molar-refractivity contribution in [3.05, 3.63) is 10.8 Å². The van der Waals surface area contributed by atoms with Crippen LogP contribution in [0.2, 0.25) is 44.4 Å². The number of nitrogens with one attached hydrogen (secondary N) is 2. The molecule has 0 saturated carbocycles. The van der Waals surface area contributed by atoms with Crippen molar-refractivity contribution < 1.29 is 9.53 Å². The van der Waals surface area contributed by atoms with Crippen LogP contribution in [0.5, 0.6) is 0 Å². The van der Waals surface area contributed by atoms with Crippen LogP contribution in [0.3, 0.4) is 0 Å². The Balaban J connectivity index is 3.34. The number of nitrogens with zero attached hydrogens (tertiary/aromatic N) is 2. The molecule has 1 aromatic rings. The molecule has 0 radical (unpaired) electrons. The third-order valence-electron chi connectivity index (χ3n) is 2.22. The minimum absolute atomic E-state index is 0.117. The number of carbonyl (C=O) groups is 1. The average Bonchev–Trinajstić information content (AvgIpc) is 2.28. The molecule has 0 fully saturated rings. The van der Waals surface area contributed by atoms with E-state index in [0.29, 0.717) is 11.6 Å². The Kier molecular flexibility index (Phi) is 5.40. The zero-order valence-electron chi connectivity index (χ0n) is 13.6. The molecule has 0 aliphatic rings. The molecule has 1 aromatic heterocycles. The first-order chi connectivity index (χ1) is 9.43. The second-order valence-electron chi connectivity index (χ2n) is 6.80. The van der Waals surface area contributed by atoms with Gasteiger partial charge < -0.3 is 14.7 Å². The first-order valence-corrected chi connectivity index (χ1v) is 14.0. The Morgan fingerprint density at radius 3 is 1.90 bits per heavy atom. The standard InChI is InChI=1S/C12H23ClN4O2Si2/c1-19-12(18)8-10(16-20(2,3)4)15-11(9(13)14-8)17-21(5,6)7/h1-7H3,(H2,15,16,17). The van der Waals surface area contributed by atoms with Crippen LogP contribution in [0.15, 0.2) is 0 Å². The SMILES string of the molecule is COC(=O)c1nc(Cl)c(N[Si](C)(C)C)nc1N[Si](C)(C)C. The maximum Gasteiger partial charge on any atom is 0.360 e. The first-order valence-electron chi connectivity index (χ1n) is 6.65. The maximum atomic E-state index is 11.8. The van der Waals surface area contributed by atoms with E-state index in [0.717, 1.165) is 0 Å². The molecule has 6 nitrogen and oxygen atoms in total. The number of ether oxygens (including phenoxy) is 1. The molecule has 0 saturated heterocycles. The highest BCUT2D eigenvalue weighted by atomic mass is 35.5. The maximum absolute atomic E-state index is 11.8. The smallest absolute Gasteiger partial charge is 0.360 e. The lowest BCUT2D eigenvalue weighted by Crippen LogP contribution is -2.36. The normalized spacial score (nSPS) is 12.0. The van der Waals surface area contributed by atoms with Crippen LogP contribution in [0, 0.1) is 0 Å². The predicted molar refractivity (Wildman–Crippen MR) is 92.3 cm³/mol.